The number of amides is 1. The number of aromatic amines is 1. The molecule has 0 radical (unpaired) electrons. The molecule has 0 spiro atoms. The van der Waals surface area contributed by atoms with Crippen LogP contribution >= 0.6 is 0 Å². The fourth-order valence-electron chi connectivity index (χ4n) is 4.00. The first-order valence-electron chi connectivity index (χ1n) is 10.3. The number of nitrogens with zero attached hydrogens (tertiary/aromatic N) is 2. The van der Waals surface area contributed by atoms with Crippen LogP contribution in [0.5, 0.6) is 5.75 Å². The van der Waals surface area contributed by atoms with Crippen molar-refractivity contribution in [3.63, 3.8) is 0 Å². The first kappa shape index (κ1) is 19.5. The van der Waals surface area contributed by atoms with Crippen molar-refractivity contribution in [2.75, 3.05) is 33.3 Å². The minimum Gasteiger partial charge on any atom is -0.497 e. The van der Waals surface area contributed by atoms with Crippen molar-refractivity contribution in [1.29, 1.82) is 0 Å². The number of methoxy groups -OCH3 is 1. The monoisotopic (exact) mass is 392 g/mol. The van der Waals surface area contributed by atoms with Gasteiger partial charge in [-0.05, 0) is 56.0 Å². The van der Waals surface area contributed by atoms with E-state index < -0.39 is 0 Å². The summed E-state index contributed by atoms with van der Waals surface area (Å²) in [4.78, 5) is 22.3. The number of imidazole rings is 1. The quantitative estimate of drug-likeness (QED) is 0.648. The Hall–Kier alpha value is -2.86. The number of likely N-dealkylation sites (tertiary alicyclic amines) is 1. The maximum absolute atomic E-state index is 12.4. The number of ether oxygens (including phenoxy) is 1. The number of nitrogens with one attached hydrogen (secondary N) is 2. The average Bonchev–Trinajstić information content (AvgIpc) is 3.19. The van der Waals surface area contributed by atoms with Gasteiger partial charge in [0.25, 0.3) is 5.91 Å². The maximum Gasteiger partial charge on any atom is 0.287 e. The number of hydrogen-bond acceptors (Lipinski definition) is 4. The van der Waals surface area contributed by atoms with Crippen molar-refractivity contribution in [3.05, 3.63) is 59.9 Å². The smallest absolute Gasteiger partial charge is 0.287 e. The van der Waals surface area contributed by atoms with Crippen molar-refractivity contribution in [2.45, 2.75) is 19.3 Å². The van der Waals surface area contributed by atoms with Crippen LogP contribution in [0.1, 0.15) is 29.0 Å². The molecule has 0 bridgehead atoms. The highest BCUT2D eigenvalue weighted by Crippen LogP contribution is 2.21. The lowest BCUT2D eigenvalue weighted by Crippen LogP contribution is -2.40. The Morgan fingerprint density at radius 3 is 2.76 bits per heavy atom. The molecular formula is C23H28N4O2. The summed E-state index contributed by atoms with van der Waals surface area (Å²) in [6, 6.07) is 16.3. The van der Waals surface area contributed by atoms with E-state index in [2.05, 4.69) is 50.5 Å². The molecule has 29 heavy (non-hydrogen) atoms. The fraction of sp³-hybridized carbons (Fsp3) is 0.391. The Morgan fingerprint density at radius 2 is 2.00 bits per heavy atom. The van der Waals surface area contributed by atoms with Crippen LogP contribution in [0, 0.1) is 5.92 Å². The first-order chi connectivity index (χ1) is 14.2. The predicted molar refractivity (Wildman–Crippen MR) is 114 cm³/mol. The van der Waals surface area contributed by atoms with Gasteiger partial charge in [-0.3, -0.25) is 4.79 Å². The molecule has 1 aliphatic heterocycles. The van der Waals surface area contributed by atoms with E-state index in [1.807, 2.05) is 18.2 Å². The molecule has 4 rings (SSSR count). The Balaban J connectivity index is 1.21. The van der Waals surface area contributed by atoms with E-state index in [4.69, 9.17) is 4.74 Å². The number of carbonyl (C=O) groups excluding carboxylic acids is 1. The highest BCUT2D eigenvalue weighted by Gasteiger charge is 2.19. The van der Waals surface area contributed by atoms with Crippen LogP contribution in [-0.4, -0.2) is 54.1 Å². The lowest BCUT2D eigenvalue weighted by molar-refractivity contribution is 0.0935. The molecule has 3 aromatic rings. The molecule has 0 unspecified atom stereocenters. The molecule has 6 heteroatoms. The predicted octanol–water partition coefficient (Wildman–Crippen LogP) is 3.26. The molecule has 0 atom stereocenters. The number of rotatable bonds is 7. The van der Waals surface area contributed by atoms with E-state index in [9.17, 15) is 4.79 Å². The van der Waals surface area contributed by atoms with Crippen molar-refractivity contribution in [1.82, 2.24) is 20.2 Å². The molecule has 1 amide bonds. The second-order valence-electron chi connectivity index (χ2n) is 7.70. The SMILES string of the molecule is COc1ccc2nc(C(=O)NCCN3CCC(Cc4ccccc4)CC3)[nH]c2c1. The van der Waals surface area contributed by atoms with Crippen LogP contribution in [0.25, 0.3) is 11.0 Å². The molecule has 1 aromatic heterocycles. The van der Waals surface area contributed by atoms with Crippen molar-refractivity contribution in [2.24, 2.45) is 5.92 Å². The summed E-state index contributed by atoms with van der Waals surface area (Å²) in [5.41, 5.74) is 2.99. The zero-order valence-corrected chi connectivity index (χ0v) is 16.9. The molecule has 1 fully saturated rings. The molecule has 2 aromatic carbocycles. The highest BCUT2D eigenvalue weighted by molar-refractivity contribution is 5.94. The molecule has 6 nitrogen and oxygen atoms in total. The van der Waals surface area contributed by atoms with Crippen LogP contribution in [0.15, 0.2) is 48.5 Å². The molecule has 152 valence electrons. The van der Waals surface area contributed by atoms with Gasteiger partial charge in [0.2, 0.25) is 0 Å². The number of hydrogen-bond donors (Lipinski definition) is 2. The second-order valence-corrected chi connectivity index (χ2v) is 7.70. The largest absolute Gasteiger partial charge is 0.497 e. The summed E-state index contributed by atoms with van der Waals surface area (Å²) in [5, 5.41) is 2.98. The summed E-state index contributed by atoms with van der Waals surface area (Å²) in [7, 11) is 1.62. The van der Waals surface area contributed by atoms with Gasteiger partial charge in [-0.15, -0.1) is 0 Å². The Morgan fingerprint density at radius 1 is 1.21 bits per heavy atom. The van der Waals surface area contributed by atoms with Crippen LogP contribution < -0.4 is 10.1 Å². The van der Waals surface area contributed by atoms with Gasteiger partial charge in [-0.1, -0.05) is 30.3 Å². The Labute approximate surface area is 171 Å². The van der Waals surface area contributed by atoms with Gasteiger partial charge < -0.3 is 19.9 Å². The maximum atomic E-state index is 12.4. The Bertz CT molecular complexity index is 946. The lowest BCUT2D eigenvalue weighted by atomic mass is 9.90. The van der Waals surface area contributed by atoms with Crippen LogP contribution in [0.4, 0.5) is 0 Å². The molecular weight excluding hydrogens is 364 g/mol. The number of fused-ring (bicyclic) bond motifs is 1. The summed E-state index contributed by atoms with van der Waals surface area (Å²) >= 11 is 0. The number of benzene rings is 2. The van der Waals surface area contributed by atoms with E-state index in [-0.39, 0.29) is 5.91 Å². The van der Waals surface area contributed by atoms with Crippen molar-refractivity contribution in [3.8, 4) is 5.75 Å². The molecule has 1 aliphatic rings. The Kier molecular flexibility index (Phi) is 6.10. The minimum absolute atomic E-state index is 0.167. The minimum atomic E-state index is -0.167. The number of aromatic nitrogens is 2. The normalized spacial score (nSPS) is 15.5. The molecule has 2 heterocycles. The second kappa shape index (κ2) is 9.09. The third-order valence-corrected chi connectivity index (χ3v) is 5.69. The molecule has 0 saturated carbocycles. The van der Waals surface area contributed by atoms with Crippen LogP contribution in [0.2, 0.25) is 0 Å². The van der Waals surface area contributed by atoms with Gasteiger partial charge in [0.1, 0.15) is 5.75 Å². The van der Waals surface area contributed by atoms with Gasteiger partial charge in [-0.25, -0.2) is 4.98 Å². The van der Waals surface area contributed by atoms with Gasteiger partial charge >= 0.3 is 0 Å². The molecule has 0 aliphatic carbocycles. The zero-order valence-electron chi connectivity index (χ0n) is 16.9. The summed E-state index contributed by atoms with van der Waals surface area (Å²) in [5.74, 6) is 1.67. The third-order valence-electron chi connectivity index (χ3n) is 5.69. The van der Waals surface area contributed by atoms with Crippen molar-refractivity contribution < 1.29 is 9.53 Å². The van der Waals surface area contributed by atoms with Gasteiger partial charge in [0, 0.05) is 19.2 Å². The number of H-pyrrole nitrogens is 1. The van der Waals surface area contributed by atoms with Gasteiger partial charge in [-0.2, -0.15) is 0 Å². The summed E-state index contributed by atoms with van der Waals surface area (Å²) in [6.07, 6.45) is 3.60. The third kappa shape index (κ3) is 4.95. The fourth-order valence-corrected chi connectivity index (χ4v) is 4.00. The van der Waals surface area contributed by atoms with Crippen molar-refractivity contribution >= 4 is 16.9 Å². The summed E-state index contributed by atoms with van der Waals surface area (Å²) in [6.45, 7) is 3.69. The number of piperidine rings is 1. The van der Waals surface area contributed by atoms with E-state index in [1.54, 1.807) is 7.11 Å². The highest BCUT2D eigenvalue weighted by atomic mass is 16.5. The molecule has 1 saturated heterocycles. The average molecular weight is 393 g/mol. The molecule has 2 N–H and O–H groups in total. The zero-order chi connectivity index (χ0) is 20.1. The summed E-state index contributed by atoms with van der Waals surface area (Å²) < 4.78 is 5.21. The van der Waals surface area contributed by atoms with Crippen LogP contribution in [-0.2, 0) is 6.42 Å². The van der Waals surface area contributed by atoms with Gasteiger partial charge in [0.15, 0.2) is 5.82 Å². The topological polar surface area (TPSA) is 70.2 Å². The standard InChI is InChI=1S/C23H28N4O2/c1-29-19-7-8-20-21(16-19)26-22(25-20)23(28)24-11-14-27-12-9-18(10-13-27)15-17-5-3-2-4-6-17/h2-8,16,18H,9-15H2,1H3,(H,24,28)(H,25,26). The van der Waals surface area contributed by atoms with E-state index >= 15 is 0 Å². The van der Waals surface area contributed by atoms with E-state index in [0.717, 1.165) is 42.3 Å². The number of carbonyl (C=O) groups is 1. The van der Waals surface area contributed by atoms with E-state index in [1.165, 1.54) is 24.8 Å². The van der Waals surface area contributed by atoms with Gasteiger partial charge in [0.05, 0.1) is 18.1 Å². The lowest BCUT2D eigenvalue weighted by Gasteiger charge is -2.32. The van der Waals surface area contributed by atoms with E-state index in [0.29, 0.717) is 12.4 Å². The first-order valence-corrected chi connectivity index (χ1v) is 10.3. The van der Waals surface area contributed by atoms with Crippen LogP contribution in [0.3, 0.4) is 0 Å².